The Hall–Kier alpha value is -1.34. The summed E-state index contributed by atoms with van der Waals surface area (Å²) in [4.78, 5) is 25.3. The van der Waals surface area contributed by atoms with Gasteiger partial charge in [-0.2, -0.15) is 0 Å². The molecule has 122 valence electrons. The quantitative estimate of drug-likeness (QED) is 0.619. The lowest BCUT2D eigenvalue weighted by molar-refractivity contribution is -0.136. The van der Waals surface area contributed by atoms with Crippen LogP contribution in [0.1, 0.15) is 33.1 Å². The van der Waals surface area contributed by atoms with E-state index in [9.17, 15) is 9.59 Å². The molecular weight excluding hydrogens is 274 g/mol. The third kappa shape index (κ3) is 6.31. The number of hydrogen-bond acceptors (Lipinski definition) is 4. The first-order valence-electron chi connectivity index (χ1n) is 7.51. The molecule has 1 aliphatic heterocycles. The highest BCUT2D eigenvalue weighted by Crippen LogP contribution is 2.16. The zero-order valence-corrected chi connectivity index (χ0v) is 12.9. The molecule has 1 unspecified atom stereocenters. The largest absolute Gasteiger partial charge is 0.394 e. The van der Waals surface area contributed by atoms with E-state index in [-0.39, 0.29) is 24.5 Å². The number of primary amides is 1. The Balaban J connectivity index is 2.50. The van der Waals surface area contributed by atoms with Crippen molar-refractivity contribution in [2.24, 2.45) is 11.7 Å². The predicted octanol–water partition coefficient (Wildman–Crippen LogP) is 0.0693. The van der Waals surface area contributed by atoms with Gasteiger partial charge < -0.3 is 25.8 Å². The zero-order chi connectivity index (χ0) is 15.8. The Morgan fingerprint density at radius 2 is 2.00 bits per heavy atom. The number of urea groups is 1. The van der Waals surface area contributed by atoms with E-state index in [1.54, 1.807) is 4.90 Å². The van der Waals surface area contributed by atoms with Gasteiger partial charge in [0.25, 0.3) is 0 Å². The van der Waals surface area contributed by atoms with Crippen molar-refractivity contribution in [2.45, 2.75) is 45.3 Å². The lowest BCUT2D eigenvalue weighted by Crippen LogP contribution is -2.53. The molecule has 0 bridgehead atoms. The summed E-state index contributed by atoms with van der Waals surface area (Å²) in [6, 6.07) is -1.23. The summed E-state index contributed by atoms with van der Waals surface area (Å²) in [6.45, 7) is 5.54. The Labute approximate surface area is 125 Å². The third-order valence-electron chi connectivity index (χ3n) is 3.52. The van der Waals surface area contributed by atoms with Gasteiger partial charge in [0.05, 0.1) is 19.3 Å². The highest BCUT2D eigenvalue weighted by atomic mass is 16.5. The van der Waals surface area contributed by atoms with Crippen LogP contribution in [0, 0.1) is 5.92 Å². The molecule has 0 saturated carbocycles. The van der Waals surface area contributed by atoms with Crippen molar-refractivity contribution in [3.63, 3.8) is 0 Å². The van der Waals surface area contributed by atoms with E-state index in [2.05, 4.69) is 5.32 Å². The van der Waals surface area contributed by atoms with Gasteiger partial charge in [-0.3, -0.25) is 4.79 Å². The second kappa shape index (κ2) is 8.84. The fourth-order valence-electron chi connectivity index (χ4n) is 2.55. The molecule has 7 heteroatoms. The molecule has 0 aromatic heterocycles. The number of amides is 3. The number of nitrogens with two attached hydrogens (primary N) is 1. The summed E-state index contributed by atoms with van der Waals surface area (Å²) in [5.74, 6) is 0.208. The summed E-state index contributed by atoms with van der Waals surface area (Å²) < 4.78 is 5.47. The number of likely N-dealkylation sites (tertiary alicyclic amines) is 1. The van der Waals surface area contributed by atoms with Crippen molar-refractivity contribution in [1.29, 1.82) is 0 Å². The summed E-state index contributed by atoms with van der Waals surface area (Å²) in [5, 5.41) is 11.3. The van der Waals surface area contributed by atoms with Crippen LogP contribution in [-0.4, -0.2) is 60.4 Å². The van der Waals surface area contributed by atoms with E-state index in [4.69, 9.17) is 15.6 Å². The van der Waals surface area contributed by atoms with E-state index in [0.29, 0.717) is 26.1 Å². The minimum atomic E-state index is -0.671. The Bertz CT molecular complexity index is 341. The van der Waals surface area contributed by atoms with Crippen LogP contribution in [0.15, 0.2) is 0 Å². The van der Waals surface area contributed by atoms with E-state index in [1.165, 1.54) is 0 Å². The van der Waals surface area contributed by atoms with Crippen LogP contribution in [0.2, 0.25) is 0 Å². The third-order valence-corrected chi connectivity index (χ3v) is 3.52. The molecule has 0 aromatic carbocycles. The SMILES string of the molecule is CC(C)CC(NC(N)=O)C(=O)N1CCC(OCCO)CC1. The van der Waals surface area contributed by atoms with Crippen molar-refractivity contribution >= 4 is 11.9 Å². The number of nitrogens with zero attached hydrogens (tertiary/aromatic N) is 1. The molecule has 7 nitrogen and oxygen atoms in total. The van der Waals surface area contributed by atoms with E-state index < -0.39 is 12.1 Å². The highest BCUT2D eigenvalue weighted by Gasteiger charge is 2.29. The van der Waals surface area contributed by atoms with Gasteiger partial charge in [-0.25, -0.2) is 4.79 Å². The molecular formula is C14H27N3O4. The maximum Gasteiger partial charge on any atom is 0.312 e. The van der Waals surface area contributed by atoms with Crippen LogP contribution < -0.4 is 11.1 Å². The Kier molecular flexibility index (Phi) is 7.45. The van der Waals surface area contributed by atoms with Crippen molar-refractivity contribution in [1.82, 2.24) is 10.2 Å². The number of aliphatic hydroxyl groups is 1. The molecule has 1 heterocycles. The van der Waals surface area contributed by atoms with Crippen LogP contribution in [-0.2, 0) is 9.53 Å². The second-order valence-electron chi connectivity index (χ2n) is 5.81. The zero-order valence-electron chi connectivity index (χ0n) is 12.9. The predicted molar refractivity (Wildman–Crippen MR) is 78.6 cm³/mol. The number of hydrogen-bond donors (Lipinski definition) is 3. The molecule has 21 heavy (non-hydrogen) atoms. The molecule has 4 N–H and O–H groups in total. The second-order valence-corrected chi connectivity index (χ2v) is 5.81. The molecule has 0 spiro atoms. The van der Waals surface area contributed by atoms with Crippen LogP contribution in [0.5, 0.6) is 0 Å². The number of ether oxygens (including phenoxy) is 1. The molecule has 1 aliphatic rings. The number of piperidine rings is 1. The van der Waals surface area contributed by atoms with Crippen LogP contribution in [0.25, 0.3) is 0 Å². The number of nitrogens with one attached hydrogen (secondary N) is 1. The average Bonchev–Trinajstić information content (AvgIpc) is 2.43. The van der Waals surface area contributed by atoms with Gasteiger partial charge in [0.2, 0.25) is 5.91 Å². The lowest BCUT2D eigenvalue weighted by atomic mass is 10.0. The average molecular weight is 301 g/mol. The maximum atomic E-state index is 12.5. The van der Waals surface area contributed by atoms with Crippen molar-refractivity contribution < 1.29 is 19.4 Å². The fraction of sp³-hybridized carbons (Fsp3) is 0.857. The normalized spacial score (nSPS) is 17.8. The van der Waals surface area contributed by atoms with Gasteiger partial charge in [0, 0.05) is 13.1 Å². The lowest BCUT2D eigenvalue weighted by Gasteiger charge is -2.34. The number of rotatable bonds is 7. The van der Waals surface area contributed by atoms with Gasteiger partial charge in [0.15, 0.2) is 0 Å². The van der Waals surface area contributed by atoms with Gasteiger partial charge in [0.1, 0.15) is 6.04 Å². The molecule has 1 saturated heterocycles. The van der Waals surface area contributed by atoms with Gasteiger partial charge in [-0.15, -0.1) is 0 Å². The standard InChI is InChI=1S/C14H27N3O4/c1-10(2)9-12(16-14(15)20)13(19)17-5-3-11(4-6-17)21-8-7-18/h10-12,18H,3-9H2,1-2H3,(H3,15,16,20). The van der Waals surface area contributed by atoms with Crippen LogP contribution in [0.4, 0.5) is 4.79 Å². The smallest absolute Gasteiger partial charge is 0.312 e. The minimum Gasteiger partial charge on any atom is -0.394 e. The van der Waals surface area contributed by atoms with Crippen LogP contribution >= 0.6 is 0 Å². The summed E-state index contributed by atoms with van der Waals surface area (Å²) in [6.07, 6.45) is 2.16. The molecule has 0 aliphatic carbocycles. The first-order valence-corrected chi connectivity index (χ1v) is 7.51. The highest BCUT2D eigenvalue weighted by molar-refractivity contribution is 5.86. The summed E-state index contributed by atoms with van der Waals surface area (Å²) >= 11 is 0. The number of aliphatic hydroxyl groups excluding tert-OH is 1. The molecule has 0 aromatic rings. The summed E-state index contributed by atoms with van der Waals surface area (Å²) in [7, 11) is 0. The summed E-state index contributed by atoms with van der Waals surface area (Å²) in [5.41, 5.74) is 5.15. The number of carbonyl (C=O) groups excluding carboxylic acids is 2. The minimum absolute atomic E-state index is 0.0120. The molecule has 1 fully saturated rings. The molecule has 1 rings (SSSR count). The first kappa shape index (κ1) is 17.7. The Morgan fingerprint density at radius 1 is 1.38 bits per heavy atom. The van der Waals surface area contributed by atoms with Crippen LogP contribution in [0.3, 0.4) is 0 Å². The fourth-order valence-corrected chi connectivity index (χ4v) is 2.55. The van der Waals surface area contributed by atoms with Crippen molar-refractivity contribution in [3.8, 4) is 0 Å². The topological polar surface area (TPSA) is 105 Å². The van der Waals surface area contributed by atoms with Crippen molar-refractivity contribution in [3.05, 3.63) is 0 Å². The van der Waals surface area contributed by atoms with Crippen molar-refractivity contribution in [2.75, 3.05) is 26.3 Å². The maximum absolute atomic E-state index is 12.5. The Morgan fingerprint density at radius 3 is 2.48 bits per heavy atom. The van der Waals surface area contributed by atoms with Gasteiger partial charge in [-0.05, 0) is 25.2 Å². The van der Waals surface area contributed by atoms with E-state index in [0.717, 1.165) is 12.8 Å². The monoisotopic (exact) mass is 301 g/mol. The van der Waals surface area contributed by atoms with Gasteiger partial charge in [-0.1, -0.05) is 13.8 Å². The van der Waals surface area contributed by atoms with E-state index in [1.807, 2.05) is 13.8 Å². The molecule has 0 radical (unpaired) electrons. The molecule has 1 atom stereocenters. The van der Waals surface area contributed by atoms with Gasteiger partial charge >= 0.3 is 6.03 Å². The van der Waals surface area contributed by atoms with E-state index >= 15 is 0 Å². The first-order chi connectivity index (χ1) is 9.93. The molecule has 3 amide bonds. The number of carbonyl (C=O) groups is 2.